The van der Waals surface area contributed by atoms with Gasteiger partial charge in [0, 0.05) is 99.7 Å². The lowest BCUT2D eigenvalue weighted by Crippen LogP contribution is -2.61. The van der Waals surface area contributed by atoms with Crippen LogP contribution in [-0.2, 0) is 0 Å². The van der Waals surface area contributed by atoms with Gasteiger partial charge in [0.2, 0.25) is 0 Å². The molecular weight excluding hydrogens is 1320 g/mol. The third-order valence-electron chi connectivity index (χ3n) is 22.2. The van der Waals surface area contributed by atoms with Crippen LogP contribution >= 0.6 is 0 Å². The molecule has 0 N–H and O–H groups in total. The van der Waals surface area contributed by atoms with E-state index in [-0.39, 0.29) is 55.0 Å². The van der Waals surface area contributed by atoms with E-state index < -0.39 is 103 Å². The molecule has 0 radical (unpaired) electrons. The van der Waals surface area contributed by atoms with E-state index in [1.807, 2.05) is 127 Å². The van der Waals surface area contributed by atoms with Crippen LogP contribution in [0, 0.1) is 0 Å². The van der Waals surface area contributed by atoms with Crippen LogP contribution in [0.1, 0.15) is 21.9 Å². The lowest BCUT2D eigenvalue weighted by molar-refractivity contribution is 1.15. The molecule has 0 unspecified atom stereocenters. The molecule has 0 saturated carbocycles. The molecular formula is C102H65BN6. The van der Waals surface area contributed by atoms with Crippen molar-refractivity contribution in [3.8, 4) is 67.3 Å². The summed E-state index contributed by atoms with van der Waals surface area (Å²) in [5, 5.41) is 3.80. The highest BCUT2D eigenvalue weighted by Gasteiger charge is 2.45. The fourth-order valence-corrected chi connectivity index (χ4v) is 17.6. The summed E-state index contributed by atoms with van der Waals surface area (Å²) in [5.41, 5.74) is 18.3. The van der Waals surface area contributed by atoms with Crippen molar-refractivity contribution in [2.45, 2.75) is 0 Å². The van der Waals surface area contributed by atoms with Gasteiger partial charge in [0.1, 0.15) is 0 Å². The molecule has 4 aromatic heterocycles. The second-order valence-electron chi connectivity index (χ2n) is 27.9. The molecule has 0 bridgehead atoms. The van der Waals surface area contributed by atoms with Crippen molar-refractivity contribution >= 4 is 144 Å². The SMILES string of the molecule is [2H]c1c([2H])c([2H])c2c(c1[2H])c1c([2H])c([2H])c([2H])c([2H])c1n2-c1ccc2c(c1)N(c1cc(-c3ccccc3)cc(-c3ccccc3)c1)c1cc(-n3c4c([2H])c([2H])c([2H])c([2H])c4c4c([2H])c([2H])c([2H])c([2H])c43)cc3c1B2c1ccc(-n2c4ccccc4c4cc(-n5c6ccccc6c6ccccc65)ccc42)cc1N3c1c(-c2ccccc2)cccc1-c1ccccc1. The van der Waals surface area contributed by atoms with Gasteiger partial charge in [-0.05, 0) is 165 Å². The van der Waals surface area contributed by atoms with Crippen molar-refractivity contribution in [2.24, 2.45) is 0 Å². The van der Waals surface area contributed by atoms with Crippen LogP contribution in [0.5, 0.6) is 0 Å². The van der Waals surface area contributed by atoms with Gasteiger partial charge in [-0.1, -0.05) is 279 Å². The molecule has 2 aliphatic rings. The van der Waals surface area contributed by atoms with Gasteiger partial charge in [-0.2, -0.15) is 0 Å². The number of hydrogen-bond acceptors (Lipinski definition) is 2. The van der Waals surface area contributed by atoms with Crippen molar-refractivity contribution in [1.82, 2.24) is 18.3 Å². The van der Waals surface area contributed by atoms with E-state index in [0.717, 1.165) is 116 Å². The number of benzene rings is 17. The van der Waals surface area contributed by atoms with Crippen molar-refractivity contribution in [3.05, 3.63) is 394 Å². The van der Waals surface area contributed by atoms with Gasteiger partial charge in [-0.15, -0.1) is 0 Å². The van der Waals surface area contributed by atoms with Gasteiger partial charge in [0.05, 0.1) is 77.4 Å². The van der Waals surface area contributed by atoms with E-state index >= 15 is 0 Å². The minimum atomic E-state index is -0.808. The average molecular weight is 1400 g/mol. The lowest BCUT2D eigenvalue weighted by atomic mass is 9.33. The molecule has 23 rings (SSSR count). The molecule has 0 aliphatic carbocycles. The van der Waals surface area contributed by atoms with Gasteiger partial charge >= 0.3 is 0 Å². The highest BCUT2D eigenvalue weighted by molar-refractivity contribution is 7.00. The van der Waals surface area contributed by atoms with Crippen LogP contribution in [0.25, 0.3) is 154 Å². The molecule has 2 aliphatic heterocycles. The minimum absolute atomic E-state index is 0.0892. The topological polar surface area (TPSA) is 26.2 Å². The van der Waals surface area contributed by atoms with Gasteiger partial charge in [-0.25, -0.2) is 0 Å². The van der Waals surface area contributed by atoms with E-state index in [4.69, 9.17) is 2.74 Å². The maximum Gasteiger partial charge on any atom is 0.252 e. The second kappa shape index (κ2) is 24.1. The molecule has 109 heavy (non-hydrogen) atoms. The van der Waals surface area contributed by atoms with Crippen molar-refractivity contribution < 1.29 is 21.9 Å². The first-order chi connectivity index (χ1) is 60.8. The molecule has 17 aromatic carbocycles. The Morgan fingerprint density at radius 2 is 0.560 bits per heavy atom. The Balaban J connectivity index is 0.911. The summed E-state index contributed by atoms with van der Waals surface area (Å²) in [4.78, 5) is 4.43. The van der Waals surface area contributed by atoms with E-state index in [1.165, 1.54) is 4.57 Å². The van der Waals surface area contributed by atoms with Gasteiger partial charge in [-0.3, -0.25) is 0 Å². The van der Waals surface area contributed by atoms with Crippen molar-refractivity contribution in [2.75, 3.05) is 9.80 Å². The highest BCUT2D eigenvalue weighted by Crippen LogP contribution is 2.53. The zero-order valence-electron chi connectivity index (χ0n) is 74.1. The van der Waals surface area contributed by atoms with E-state index in [1.54, 1.807) is 4.57 Å². The molecule has 7 heteroatoms. The zero-order valence-corrected chi connectivity index (χ0v) is 58.1. The molecule has 506 valence electrons. The monoisotopic (exact) mass is 1400 g/mol. The Kier molecular flexibility index (Phi) is 10.4. The Morgan fingerprint density at radius 1 is 0.211 bits per heavy atom. The third kappa shape index (κ3) is 9.24. The van der Waals surface area contributed by atoms with Crippen LogP contribution in [-0.4, -0.2) is 25.0 Å². The first-order valence-electron chi connectivity index (χ1n) is 44.4. The van der Waals surface area contributed by atoms with Crippen molar-refractivity contribution in [1.29, 1.82) is 0 Å². The number of nitrogens with zero attached hydrogens (tertiary/aromatic N) is 6. The lowest BCUT2D eigenvalue weighted by Gasteiger charge is -2.45. The number of para-hydroxylation sites is 8. The molecule has 0 atom stereocenters. The Hall–Kier alpha value is -14.4. The molecule has 6 nitrogen and oxygen atoms in total. The normalized spacial score (nSPS) is 14.6. The number of anilines is 6. The molecule has 0 fully saturated rings. The van der Waals surface area contributed by atoms with Crippen LogP contribution in [0.4, 0.5) is 34.1 Å². The maximum absolute atomic E-state index is 10.2. The molecule has 0 amide bonds. The summed E-state index contributed by atoms with van der Waals surface area (Å²) < 4.78 is 162. The van der Waals surface area contributed by atoms with Gasteiger partial charge in [0.25, 0.3) is 6.71 Å². The molecule has 0 saturated heterocycles. The standard InChI is InChI=1S/C102H65BN6/c1-5-28-66(29-6-1)70-58-71(67-30-7-2-8-31-67)60-75(59-70)108-97-62-73(105-91-47-22-15-38-81(91)82-39-16-23-48-92(82)105)52-55-87(97)103-88-56-53-74(106-95-51-26-19-42-85(95)86-61-72(54-57-96(86)106)104-89-45-20-13-36-79(89)80-37-14-21-46-90(80)104)63-98(88)109(102-77(68-32-9-3-10-33-68)43-27-44-78(102)69-34-11-4-12-35-69)100-65-76(64-99(108)101(100)103)107-93-49-24-17-40-83(93)84-41-18-25-50-94(84)107/h1-65H/i15D,16D,17D,18D,22D,23D,24D,25D,38D,39D,40D,41D,47D,48D,49D,50D. The van der Waals surface area contributed by atoms with E-state index in [2.05, 4.69) is 189 Å². The van der Waals surface area contributed by atoms with Crippen LogP contribution in [0.15, 0.2) is 394 Å². The third-order valence-corrected chi connectivity index (χ3v) is 22.2. The molecule has 6 heterocycles. The summed E-state index contributed by atoms with van der Waals surface area (Å²) in [6.45, 7) is -0.808. The summed E-state index contributed by atoms with van der Waals surface area (Å²) in [5.74, 6) is 0. The fourth-order valence-electron chi connectivity index (χ4n) is 17.6. The predicted molar refractivity (Wildman–Crippen MR) is 460 cm³/mol. The summed E-state index contributed by atoms with van der Waals surface area (Å²) in [7, 11) is 0. The largest absolute Gasteiger partial charge is 0.311 e. The first-order valence-corrected chi connectivity index (χ1v) is 36.4. The highest BCUT2D eigenvalue weighted by atomic mass is 15.2. The fraction of sp³-hybridized carbons (Fsp3) is 0. The van der Waals surface area contributed by atoms with E-state index in [0.29, 0.717) is 33.9 Å². The number of aromatic nitrogens is 4. The summed E-state index contributed by atoms with van der Waals surface area (Å²) >= 11 is 0. The van der Waals surface area contributed by atoms with Crippen LogP contribution < -0.4 is 26.2 Å². The summed E-state index contributed by atoms with van der Waals surface area (Å²) in [6, 6.07) is 92.4. The Morgan fingerprint density at radius 3 is 1.03 bits per heavy atom. The first kappa shape index (κ1) is 47.1. The second-order valence-corrected chi connectivity index (χ2v) is 27.9. The smallest absolute Gasteiger partial charge is 0.252 e. The predicted octanol–water partition coefficient (Wildman–Crippen LogP) is 24.8. The van der Waals surface area contributed by atoms with Crippen LogP contribution in [0.3, 0.4) is 0 Å². The average Bonchev–Trinajstić information content (AvgIpc) is 1.22. The summed E-state index contributed by atoms with van der Waals surface area (Å²) in [6.07, 6.45) is 0. The minimum Gasteiger partial charge on any atom is -0.311 e. The zero-order chi connectivity index (χ0) is 85.3. The van der Waals surface area contributed by atoms with Gasteiger partial charge < -0.3 is 28.1 Å². The maximum atomic E-state index is 10.2. The number of fused-ring (bicyclic) bond motifs is 16. The van der Waals surface area contributed by atoms with E-state index in [9.17, 15) is 19.2 Å². The number of rotatable bonds is 10. The van der Waals surface area contributed by atoms with Crippen LogP contribution in [0.2, 0.25) is 0 Å². The molecule has 0 spiro atoms. The Labute approximate surface area is 652 Å². The van der Waals surface area contributed by atoms with Gasteiger partial charge in [0.15, 0.2) is 0 Å². The van der Waals surface area contributed by atoms with Crippen molar-refractivity contribution in [3.63, 3.8) is 0 Å². The number of hydrogen-bond donors (Lipinski definition) is 0. The Bertz CT molecular complexity index is 8020. The quantitative estimate of drug-likeness (QED) is 0.128. The molecule has 21 aromatic rings.